The fraction of sp³-hybridized carbons (Fsp3) is 0. The molecule has 0 spiro atoms. The van der Waals surface area contributed by atoms with E-state index in [2.05, 4.69) is 15.4 Å². The molecule has 0 amide bonds. The number of hydrogen-bond acceptors (Lipinski definition) is 1. The van der Waals surface area contributed by atoms with E-state index >= 15 is 0 Å². The fourth-order valence-corrected chi connectivity index (χ4v) is 0. The molecule has 0 aromatic rings. The van der Waals surface area contributed by atoms with Gasteiger partial charge in [-0.2, -0.15) is 0 Å². The van der Waals surface area contributed by atoms with Gasteiger partial charge in [0, 0.05) is 35.6 Å². The quantitative estimate of drug-likeness (QED) is 0.506. The molecule has 0 aliphatic heterocycles. The van der Waals surface area contributed by atoms with Crippen molar-refractivity contribution >= 4 is 37.7 Å². The third-order valence-electron chi connectivity index (χ3n) is 0. The molecule has 0 rings (SSSR count). The van der Waals surface area contributed by atoms with E-state index < -0.39 is 0 Å². The summed E-state index contributed by atoms with van der Waals surface area (Å²) in [5, 5.41) is 0. The first kappa shape index (κ1) is 15.9. The summed E-state index contributed by atoms with van der Waals surface area (Å²) in [5.41, 5.74) is 0. The Hall–Kier alpha value is 2.75. The molecule has 0 fully saturated rings. The van der Waals surface area contributed by atoms with Crippen molar-refractivity contribution in [3.05, 3.63) is 0 Å². The van der Waals surface area contributed by atoms with Gasteiger partial charge in [0.2, 0.25) is 0 Å². The Morgan fingerprint density at radius 1 is 1.25 bits per heavy atom. The first-order valence-corrected chi connectivity index (χ1v) is 0.532. The summed E-state index contributed by atoms with van der Waals surface area (Å²) in [6.45, 7) is 0. The Labute approximate surface area is 90.4 Å². The van der Waals surface area contributed by atoms with Crippen molar-refractivity contribution in [1.82, 2.24) is 0 Å². The van der Waals surface area contributed by atoms with Crippen LogP contribution >= 0.6 is 0 Å². The van der Waals surface area contributed by atoms with Crippen LogP contribution in [0.3, 0.4) is 0 Å². The number of rotatable bonds is 0. The molecule has 23 valence electrons. The summed E-state index contributed by atoms with van der Waals surface area (Å²) in [6, 6.07) is 0. The minimum absolute atomic E-state index is 0. The molecule has 0 unspecified atom stereocenters. The predicted octanol–water partition coefficient (Wildman–Crippen LogP) is -1.04. The molecule has 1 radical (unpaired) electrons. The maximum absolute atomic E-state index is 7.88. The molecule has 0 aliphatic carbocycles. The van der Waals surface area contributed by atoms with Crippen LogP contribution in [-0.4, -0.2) is 37.7 Å². The van der Waals surface area contributed by atoms with Crippen LogP contribution in [0, 0.1) is 35.6 Å². The van der Waals surface area contributed by atoms with Crippen molar-refractivity contribution in [2.45, 2.75) is 0 Å². The van der Waals surface area contributed by atoms with E-state index in [0.717, 1.165) is 0 Å². The van der Waals surface area contributed by atoms with Gasteiger partial charge in [-0.05, 0) is 0 Å². The second-order valence-corrected chi connectivity index (χ2v) is 0. The molecule has 1 nitrogen and oxygen atoms in total. The summed E-state index contributed by atoms with van der Waals surface area (Å²) in [5.74, 6) is 0. The van der Waals surface area contributed by atoms with E-state index in [4.69, 9.17) is 3.90 Å². The van der Waals surface area contributed by atoms with Gasteiger partial charge in [-0.3, -0.25) is 0 Å². The van der Waals surface area contributed by atoms with Crippen LogP contribution in [0.2, 0.25) is 0 Å². The standard InChI is InChI=1S/Ca.La.Ni.O.2H. The van der Waals surface area contributed by atoms with Gasteiger partial charge in [-0.15, -0.1) is 0 Å². The fourth-order valence-electron chi connectivity index (χ4n) is 0. The molecule has 0 aliphatic rings. The Morgan fingerprint density at radius 2 is 1.25 bits per heavy atom. The maximum atomic E-state index is 7.88. The van der Waals surface area contributed by atoms with E-state index in [9.17, 15) is 0 Å². The zero-order valence-corrected chi connectivity index (χ0v) is 5.92. The first-order valence-electron chi connectivity index (χ1n) is 0.129. The molecule has 4 heavy (non-hydrogen) atoms. The third-order valence-corrected chi connectivity index (χ3v) is 0. The molecule has 0 heterocycles. The zero-order valence-electron chi connectivity index (χ0n) is 1.30. The Balaban J connectivity index is -0.00000000500. The molecule has 0 N–H and O–H groups in total. The van der Waals surface area contributed by atoms with E-state index in [-0.39, 0.29) is 73.3 Å². The van der Waals surface area contributed by atoms with Gasteiger partial charge >= 0.3 is 57.0 Å². The molecule has 0 atom stereocenters. The van der Waals surface area contributed by atoms with Gasteiger partial charge in [-0.25, -0.2) is 0 Å². The molecular weight excluding hydrogens is 254 g/mol. The molecular formula is H2CaLaNiO. The van der Waals surface area contributed by atoms with Crippen molar-refractivity contribution in [2.24, 2.45) is 0 Å². The van der Waals surface area contributed by atoms with E-state index in [1.807, 2.05) is 0 Å². The third kappa shape index (κ3) is 8.83. The van der Waals surface area contributed by atoms with E-state index in [0.29, 0.717) is 0 Å². The van der Waals surface area contributed by atoms with Gasteiger partial charge in [0.05, 0.1) is 0 Å². The van der Waals surface area contributed by atoms with Gasteiger partial charge in [-0.1, -0.05) is 0 Å². The Bertz CT molecular complexity index is 8.00. The van der Waals surface area contributed by atoms with Gasteiger partial charge in [0.25, 0.3) is 0 Å². The van der Waals surface area contributed by atoms with Crippen LogP contribution in [0.1, 0.15) is 0 Å². The van der Waals surface area contributed by atoms with Crippen molar-refractivity contribution in [1.29, 1.82) is 0 Å². The average Bonchev–Trinajstić information content (AvgIpc) is 1.00. The summed E-state index contributed by atoms with van der Waals surface area (Å²) in [4.78, 5) is 0. The summed E-state index contributed by atoms with van der Waals surface area (Å²) < 4.78 is 7.88. The van der Waals surface area contributed by atoms with E-state index in [1.165, 1.54) is 0 Å². The summed E-state index contributed by atoms with van der Waals surface area (Å²) >= 11 is 2.62. The molecule has 0 saturated carbocycles. The molecule has 4 heteroatoms. The predicted molar refractivity (Wildman–Crippen MR) is 9.23 cm³/mol. The number of hydrogen-bond donors (Lipinski definition) is 0. The molecule has 0 bridgehead atoms. The van der Waals surface area contributed by atoms with E-state index in [1.54, 1.807) is 0 Å². The first-order chi connectivity index (χ1) is 1.00. The van der Waals surface area contributed by atoms with Crippen molar-refractivity contribution in [3.63, 3.8) is 0 Å². The Kier molecular flexibility index (Phi) is 68.1. The van der Waals surface area contributed by atoms with Crippen molar-refractivity contribution < 1.29 is 54.9 Å². The average molecular weight is 256 g/mol. The van der Waals surface area contributed by atoms with Crippen LogP contribution in [0.25, 0.3) is 0 Å². The zero-order chi connectivity index (χ0) is 2.00. The summed E-state index contributed by atoms with van der Waals surface area (Å²) in [6.07, 6.45) is 0. The molecule has 0 aromatic carbocycles. The van der Waals surface area contributed by atoms with Crippen LogP contribution in [0.5, 0.6) is 0 Å². The SMILES string of the molecule is [CaH2].[La].[O]=[Ni]. The van der Waals surface area contributed by atoms with Crippen molar-refractivity contribution in [2.75, 3.05) is 0 Å². The molecule has 0 aromatic heterocycles. The Morgan fingerprint density at radius 3 is 1.25 bits per heavy atom. The second-order valence-electron chi connectivity index (χ2n) is 0. The van der Waals surface area contributed by atoms with Crippen LogP contribution in [0.15, 0.2) is 0 Å². The monoisotopic (exact) mass is 255 g/mol. The van der Waals surface area contributed by atoms with Crippen LogP contribution in [0.4, 0.5) is 0 Å². The van der Waals surface area contributed by atoms with Gasteiger partial charge in [0.15, 0.2) is 0 Å². The van der Waals surface area contributed by atoms with Crippen LogP contribution in [-0.2, 0) is 19.3 Å². The van der Waals surface area contributed by atoms with Gasteiger partial charge < -0.3 is 0 Å². The topological polar surface area (TPSA) is 17.1 Å². The van der Waals surface area contributed by atoms with Crippen LogP contribution < -0.4 is 0 Å². The summed E-state index contributed by atoms with van der Waals surface area (Å²) in [7, 11) is 0. The van der Waals surface area contributed by atoms with Gasteiger partial charge in [0.1, 0.15) is 0 Å². The normalized spacial score (nSPS) is 1.50. The second kappa shape index (κ2) is 17.2. The minimum atomic E-state index is 0. The molecule has 0 saturated heterocycles. The van der Waals surface area contributed by atoms with Crippen molar-refractivity contribution in [3.8, 4) is 0 Å².